The molecule has 0 heterocycles. The number of nitrogens with zero attached hydrogens (tertiary/aromatic N) is 1. The molecule has 0 spiro atoms. The summed E-state index contributed by atoms with van der Waals surface area (Å²) in [6.07, 6.45) is 67.9. The van der Waals surface area contributed by atoms with Crippen LogP contribution in [0, 0.1) is 0 Å². The van der Waals surface area contributed by atoms with Crippen LogP contribution >= 0.6 is 7.82 Å². The number of esters is 2. The van der Waals surface area contributed by atoms with Gasteiger partial charge in [-0.3, -0.25) is 14.2 Å². The molecule has 0 saturated carbocycles. The molecule has 0 aromatic heterocycles. The molecule has 0 radical (unpaired) electrons. The maximum absolute atomic E-state index is 12.7. The molecule has 0 aromatic carbocycles. The topological polar surface area (TPSA) is 111 Å². The van der Waals surface area contributed by atoms with Gasteiger partial charge in [0.25, 0.3) is 7.82 Å². The highest BCUT2D eigenvalue weighted by Crippen LogP contribution is 2.38. The Balaban J connectivity index is 4.10. The summed E-state index contributed by atoms with van der Waals surface area (Å²) in [7, 11) is 1.13. The van der Waals surface area contributed by atoms with Gasteiger partial charge in [0, 0.05) is 12.8 Å². The zero-order valence-electron chi connectivity index (χ0n) is 45.7. The second kappa shape index (κ2) is 51.1. The first-order valence-corrected chi connectivity index (χ1v) is 29.8. The molecule has 2 unspecified atom stereocenters. The van der Waals surface area contributed by atoms with Gasteiger partial charge in [0.15, 0.2) is 6.10 Å². The van der Waals surface area contributed by atoms with Crippen molar-refractivity contribution in [3.8, 4) is 0 Å². The maximum atomic E-state index is 12.7. The van der Waals surface area contributed by atoms with Gasteiger partial charge in [0.1, 0.15) is 19.8 Å². The lowest BCUT2D eigenvalue weighted by molar-refractivity contribution is -0.870. The third-order valence-corrected chi connectivity index (χ3v) is 12.9. The fourth-order valence-corrected chi connectivity index (χ4v) is 8.26. The number of carbonyl (C=O) groups excluding carboxylic acids is 2. The molecular formula is C60H106NO8P. The molecule has 0 aliphatic carbocycles. The van der Waals surface area contributed by atoms with Gasteiger partial charge in [0.2, 0.25) is 0 Å². The molecule has 0 fully saturated rings. The fraction of sp³-hybridized carbons (Fsp3) is 0.733. The van der Waals surface area contributed by atoms with Crippen molar-refractivity contribution >= 4 is 19.8 Å². The summed E-state index contributed by atoms with van der Waals surface area (Å²) in [5.41, 5.74) is 0. The maximum Gasteiger partial charge on any atom is 0.306 e. The van der Waals surface area contributed by atoms with Crippen molar-refractivity contribution in [2.45, 2.75) is 238 Å². The van der Waals surface area contributed by atoms with Gasteiger partial charge in [-0.1, -0.05) is 214 Å². The van der Waals surface area contributed by atoms with Crippen LogP contribution in [0.2, 0.25) is 0 Å². The van der Waals surface area contributed by atoms with Crippen molar-refractivity contribution in [2.24, 2.45) is 0 Å². The van der Waals surface area contributed by atoms with E-state index in [0.717, 1.165) is 70.6 Å². The molecule has 0 aliphatic heterocycles. The Kier molecular flexibility index (Phi) is 49.1. The summed E-state index contributed by atoms with van der Waals surface area (Å²) in [6.45, 7) is 4.06. The summed E-state index contributed by atoms with van der Waals surface area (Å²) >= 11 is 0. The quantitative estimate of drug-likeness (QED) is 0.0195. The molecule has 0 aliphatic rings. The number of hydrogen-bond donors (Lipinski definition) is 0. The number of ether oxygens (including phenoxy) is 2. The molecule has 0 amide bonds. The van der Waals surface area contributed by atoms with Crippen molar-refractivity contribution in [1.82, 2.24) is 0 Å². The average Bonchev–Trinajstić information content (AvgIpc) is 3.32. The summed E-state index contributed by atoms with van der Waals surface area (Å²) < 4.78 is 34.0. The van der Waals surface area contributed by atoms with Crippen LogP contribution in [0.25, 0.3) is 0 Å². The van der Waals surface area contributed by atoms with E-state index in [9.17, 15) is 19.0 Å². The first-order valence-electron chi connectivity index (χ1n) is 28.3. The Morgan fingerprint density at radius 1 is 0.457 bits per heavy atom. The van der Waals surface area contributed by atoms with Crippen LogP contribution in [0.4, 0.5) is 0 Å². The van der Waals surface area contributed by atoms with Crippen molar-refractivity contribution in [3.63, 3.8) is 0 Å². The van der Waals surface area contributed by atoms with E-state index in [0.29, 0.717) is 17.4 Å². The number of likely N-dealkylation sites (N-methyl/N-ethyl adjacent to an activating group) is 1. The van der Waals surface area contributed by atoms with E-state index in [1.807, 2.05) is 21.1 Å². The zero-order valence-corrected chi connectivity index (χ0v) is 46.6. The van der Waals surface area contributed by atoms with Crippen molar-refractivity contribution in [2.75, 3.05) is 47.5 Å². The Morgan fingerprint density at radius 3 is 1.24 bits per heavy atom. The molecule has 70 heavy (non-hydrogen) atoms. The average molecular weight is 1000 g/mol. The van der Waals surface area contributed by atoms with Gasteiger partial charge in [0.05, 0.1) is 27.7 Å². The second-order valence-electron chi connectivity index (χ2n) is 19.9. The largest absolute Gasteiger partial charge is 0.756 e. The molecule has 0 rings (SSSR count). The van der Waals surface area contributed by atoms with Crippen LogP contribution in [-0.4, -0.2) is 70.0 Å². The van der Waals surface area contributed by atoms with Crippen LogP contribution in [0.15, 0.2) is 85.1 Å². The third kappa shape index (κ3) is 54.5. The molecule has 404 valence electrons. The first kappa shape index (κ1) is 67.2. The highest BCUT2D eigenvalue weighted by Gasteiger charge is 2.21. The van der Waals surface area contributed by atoms with Crippen molar-refractivity contribution in [3.05, 3.63) is 85.1 Å². The number of allylic oxidation sites excluding steroid dienone is 14. The SMILES string of the molecule is CC/C=C\C/C=C\C/C=C\C/C=C\CCCCC(=O)OC(COC(=O)CCCCCCCCCCCCCCCCCC/C=C\C/C=C\C/C=C\CCCCCCC)COP(=O)([O-])OCC[N+](C)(C)C. The Bertz CT molecular complexity index is 1460. The molecular weight excluding hydrogens is 894 g/mol. The number of carbonyl (C=O) groups is 2. The van der Waals surface area contributed by atoms with E-state index in [4.69, 9.17) is 18.5 Å². The van der Waals surface area contributed by atoms with Gasteiger partial charge < -0.3 is 27.9 Å². The lowest BCUT2D eigenvalue weighted by atomic mass is 10.0. The van der Waals surface area contributed by atoms with E-state index in [1.54, 1.807) is 0 Å². The predicted molar refractivity (Wildman–Crippen MR) is 296 cm³/mol. The van der Waals surface area contributed by atoms with Crippen LogP contribution in [0.5, 0.6) is 0 Å². The van der Waals surface area contributed by atoms with Gasteiger partial charge in [-0.15, -0.1) is 0 Å². The summed E-state index contributed by atoms with van der Waals surface area (Å²) in [5.74, 6) is -0.883. The highest BCUT2D eigenvalue weighted by molar-refractivity contribution is 7.45. The minimum Gasteiger partial charge on any atom is -0.756 e. The standard InChI is InChI=1S/C60H106NO8P/c1-6-8-10-12-14-16-18-20-22-23-24-25-26-27-28-29-30-31-32-33-34-35-36-37-39-40-42-44-46-48-50-52-59(62)66-56-58(57-68-70(64,65)67-55-54-61(3,4)5)69-60(63)53-51-49-47-45-43-41-38-21-19-17-15-13-11-9-7-2/h9,11,15,17-18,20-21,23-24,26-27,38,43,45,58H,6-8,10,12-14,16,19,22,25,28-37,39-42,44,46-57H2,1-5H3/b11-9-,17-15-,20-18-,24-23-,27-26-,38-21-,45-43-. The lowest BCUT2D eigenvalue weighted by Crippen LogP contribution is -2.37. The molecule has 0 aromatic rings. The van der Waals surface area contributed by atoms with Crippen molar-refractivity contribution < 1.29 is 42.1 Å². The molecule has 2 atom stereocenters. The normalized spacial score (nSPS) is 14.0. The molecule has 10 heteroatoms. The van der Waals surface area contributed by atoms with Gasteiger partial charge in [-0.2, -0.15) is 0 Å². The minimum atomic E-state index is -4.65. The Labute approximate surface area is 431 Å². The predicted octanol–water partition coefficient (Wildman–Crippen LogP) is 16.8. The summed E-state index contributed by atoms with van der Waals surface area (Å²) in [6, 6.07) is 0. The monoisotopic (exact) mass is 1000 g/mol. The van der Waals surface area contributed by atoms with E-state index in [1.165, 1.54) is 128 Å². The van der Waals surface area contributed by atoms with Crippen LogP contribution in [0.3, 0.4) is 0 Å². The first-order chi connectivity index (χ1) is 34.0. The molecule has 0 saturated heterocycles. The number of unbranched alkanes of at least 4 members (excludes halogenated alkanes) is 23. The Morgan fingerprint density at radius 2 is 0.814 bits per heavy atom. The van der Waals surface area contributed by atoms with Crippen LogP contribution < -0.4 is 4.89 Å². The van der Waals surface area contributed by atoms with Crippen LogP contribution in [-0.2, 0) is 32.7 Å². The van der Waals surface area contributed by atoms with Gasteiger partial charge in [-0.25, -0.2) is 0 Å². The number of quaternary nitrogens is 1. The third-order valence-electron chi connectivity index (χ3n) is 11.9. The number of phosphoric ester groups is 1. The second-order valence-corrected chi connectivity index (χ2v) is 21.3. The minimum absolute atomic E-state index is 0.0421. The highest BCUT2D eigenvalue weighted by atomic mass is 31.2. The van der Waals surface area contributed by atoms with E-state index < -0.39 is 32.5 Å². The number of rotatable bonds is 51. The number of phosphoric acid groups is 1. The zero-order chi connectivity index (χ0) is 51.3. The summed E-state index contributed by atoms with van der Waals surface area (Å²) in [4.78, 5) is 37.7. The Hall–Kier alpha value is -2.81. The van der Waals surface area contributed by atoms with E-state index in [-0.39, 0.29) is 26.1 Å². The fourth-order valence-electron chi connectivity index (χ4n) is 7.54. The van der Waals surface area contributed by atoms with Gasteiger partial charge >= 0.3 is 11.9 Å². The van der Waals surface area contributed by atoms with Crippen LogP contribution in [0.1, 0.15) is 232 Å². The summed E-state index contributed by atoms with van der Waals surface area (Å²) in [5, 5.41) is 0. The molecule has 9 nitrogen and oxygen atoms in total. The molecule has 0 bridgehead atoms. The van der Waals surface area contributed by atoms with Gasteiger partial charge in [-0.05, 0) is 89.9 Å². The lowest BCUT2D eigenvalue weighted by Gasteiger charge is -2.28. The van der Waals surface area contributed by atoms with Crippen molar-refractivity contribution in [1.29, 1.82) is 0 Å². The van der Waals surface area contributed by atoms with E-state index in [2.05, 4.69) is 98.9 Å². The van der Waals surface area contributed by atoms with E-state index >= 15 is 0 Å². The number of hydrogen-bond acceptors (Lipinski definition) is 8. The molecule has 0 N–H and O–H groups in total. The smallest absolute Gasteiger partial charge is 0.306 e.